The summed E-state index contributed by atoms with van der Waals surface area (Å²) in [5, 5.41) is 8.84. The van der Waals surface area contributed by atoms with Gasteiger partial charge in [-0.05, 0) is 30.5 Å². The van der Waals surface area contributed by atoms with Gasteiger partial charge in [-0.1, -0.05) is 0 Å². The van der Waals surface area contributed by atoms with Crippen molar-refractivity contribution >= 4 is 5.69 Å². The molecule has 1 heterocycles. The highest BCUT2D eigenvalue weighted by Gasteiger charge is 2.41. The molecule has 1 saturated heterocycles. The Kier molecular flexibility index (Phi) is 4.17. The van der Waals surface area contributed by atoms with Gasteiger partial charge in [0.1, 0.15) is 17.3 Å². The lowest BCUT2D eigenvalue weighted by Crippen LogP contribution is -2.39. The number of piperidine rings is 1. The van der Waals surface area contributed by atoms with Gasteiger partial charge in [-0.25, -0.2) is 8.78 Å². The van der Waals surface area contributed by atoms with Crippen LogP contribution in [0.4, 0.5) is 27.6 Å². The van der Waals surface area contributed by atoms with Gasteiger partial charge in [0.2, 0.25) is 0 Å². The topological polar surface area (TPSA) is 23.5 Å². The summed E-state index contributed by atoms with van der Waals surface area (Å²) in [7, 11) is 0. The van der Waals surface area contributed by atoms with Crippen molar-refractivity contribution in [1.82, 2.24) is 0 Å². The minimum absolute atomic E-state index is 0.0452. The molecule has 1 aromatic carbocycles. The van der Waals surface area contributed by atoms with Crippen LogP contribution < -0.4 is 4.90 Å². The van der Waals surface area contributed by atoms with Crippen molar-refractivity contribution in [3.63, 3.8) is 0 Å². The largest absolute Gasteiger partial charge is 0.392 e. The summed E-state index contributed by atoms with van der Waals surface area (Å²) in [5.74, 6) is -3.14. The molecule has 0 saturated carbocycles. The average Bonchev–Trinajstić information content (AvgIpc) is 2.37. The number of hydrogen-bond acceptors (Lipinski definition) is 2. The molecule has 0 atom stereocenters. The van der Waals surface area contributed by atoms with Crippen LogP contribution in [0, 0.1) is 17.6 Å². The quantitative estimate of drug-likeness (QED) is 0.847. The SMILES string of the molecule is OCc1cc(F)c(N2CCC(C(F)(F)F)CC2)c(F)c1. The summed E-state index contributed by atoms with van der Waals surface area (Å²) in [5.41, 5.74) is -0.225. The third-order valence-corrected chi connectivity index (χ3v) is 3.53. The van der Waals surface area contributed by atoms with Gasteiger partial charge in [0.05, 0.1) is 12.5 Å². The van der Waals surface area contributed by atoms with Crippen molar-refractivity contribution in [2.24, 2.45) is 5.92 Å². The molecule has 1 aromatic rings. The number of aliphatic hydroxyl groups is 1. The monoisotopic (exact) mass is 295 g/mol. The molecule has 2 rings (SSSR count). The first-order valence-electron chi connectivity index (χ1n) is 6.23. The summed E-state index contributed by atoms with van der Waals surface area (Å²) < 4.78 is 65.2. The highest BCUT2D eigenvalue weighted by molar-refractivity contribution is 5.51. The maximum Gasteiger partial charge on any atom is 0.391 e. The Morgan fingerprint density at radius 3 is 2.00 bits per heavy atom. The van der Waals surface area contributed by atoms with Crippen LogP contribution in [-0.4, -0.2) is 24.4 Å². The molecule has 0 aliphatic carbocycles. The van der Waals surface area contributed by atoms with E-state index in [4.69, 9.17) is 5.11 Å². The number of hydrogen-bond donors (Lipinski definition) is 1. The van der Waals surface area contributed by atoms with Gasteiger partial charge in [-0.3, -0.25) is 0 Å². The number of alkyl halides is 3. The standard InChI is InChI=1S/C13H14F5NO/c14-10-5-8(7-20)6-11(15)12(10)19-3-1-9(2-4-19)13(16,17)18/h5-6,9,20H,1-4,7H2. The van der Waals surface area contributed by atoms with E-state index in [0.29, 0.717) is 0 Å². The average molecular weight is 295 g/mol. The highest BCUT2D eigenvalue weighted by Crippen LogP contribution is 2.36. The summed E-state index contributed by atoms with van der Waals surface area (Å²) in [6, 6.07) is 1.99. The molecule has 0 aromatic heterocycles. The first-order chi connectivity index (χ1) is 9.32. The van der Waals surface area contributed by atoms with Crippen LogP contribution >= 0.6 is 0 Å². The van der Waals surface area contributed by atoms with Crippen LogP contribution in [0.5, 0.6) is 0 Å². The Morgan fingerprint density at radius 1 is 1.10 bits per heavy atom. The third-order valence-electron chi connectivity index (χ3n) is 3.53. The molecule has 0 amide bonds. The van der Waals surface area contributed by atoms with Crippen molar-refractivity contribution < 1.29 is 27.1 Å². The van der Waals surface area contributed by atoms with Crippen LogP contribution in [-0.2, 0) is 6.61 Å². The maximum atomic E-state index is 13.8. The molecule has 0 spiro atoms. The number of nitrogens with zero attached hydrogens (tertiary/aromatic N) is 1. The molecule has 0 radical (unpaired) electrons. The van der Waals surface area contributed by atoms with E-state index in [1.807, 2.05) is 0 Å². The highest BCUT2D eigenvalue weighted by atomic mass is 19.4. The zero-order valence-corrected chi connectivity index (χ0v) is 10.6. The molecule has 2 nitrogen and oxygen atoms in total. The number of anilines is 1. The van der Waals surface area contributed by atoms with E-state index in [-0.39, 0.29) is 37.2 Å². The lowest BCUT2D eigenvalue weighted by atomic mass is 9.95. The summed E-state index contributed by atoms with van der Waals surface area (Å²) >= 11 is 0. The Bertz CT molecular complexity index is 457. The lowest BCUT2D eigenvalue weighted by Gasteiger charge is -2.34. The lowest BCUT2D eigenvalue weighted by molar-refractivity contribution is -0.179. The molecule has 0 unspecified atom stereocenters. The second-order valence-corrected chi connectivity index (χ2v) is 4.87. The predicted molar refractivity (Wildman–Crippen MR) is 63.3 cm³/mol. The van der Waals surface area contributed by atoms with Crippen LogP contribution in [0.1, 0.15) is 18.4 Å². The zero-order valence-electron chi connectivity index (χ0n) is 10.6. The fourth-order valence-electron chi connectivity index (χ4n) is 2.44. The van der Waals surface area contributed by atoms with E-state index in [0.717, 1.165) is 12.1 Å². The van der Waals surface area contributed by atoms with Gasteiger partial charge >= 0.3 is 6.18 Å². The normalized spacial score (nSPS) is 17.6. The molecule has 1 N–H and O–H groups in total. The second kappa shape index (κ2) is 5.55. The van der Waals surface area contributed by atoms with Crippen molar-refractivity contribution in [3.05, 3.63) is 29.3 Å². The molecule has 112 valence electrons. The molecule has 7 heteroatoms. The Labute approximate surface area is 112 Å². The van der Waals surface area contributed by atoms with Crippen molar-refractivity contribution in [3.8, 4) is 0 Å². The van der Waals surface area contributed by atoms with E-state index >= 15 is 0 Å². The number of halogens is 5. The van der Waals surface area contributed by atoms with Gasteiger partial charge in [0, 0.05) is 13.1 Å². The Hall–Kier alpha value is -1.37. The van der Waals surface area contributed by atoms with Gasteiger partial charge in [0.25, 0.3) is 0 Å². The van der Waals surface area contributed by atoms with Gasteiger partial charge in [0.15, 0.2) is 0 Å². The molecule has 0 bridgehead atoms. The van der Waals surface area contributed by atoms with Crippen LogP contribution in [0.2, 0.25) is 0 Å². The molecule has 1 aliphatic rings. The molecular formula is C13H14F5NO. The van der Waals surface area contributed by atoms with Gasteiger partial charge in [-0.2, -0.15) is 13.2 Å². The minimum atomic E-state index is -4.26. The van der Waals surface area contributed by atoms with E-state index in [9.17, 15) is 22.0 Å². The maximum absolute atomic E-state index is 13.8. The first-order valence-corrected chi connectivity index (χ1v) is 6.23. The number of benzene rings is 1. The number of rotatable bonds is 2. The minimum Gasteiger partial charge on any atom is -0.392 e. The van der Waals surface area contributed by atoms with E-state index in [2.05, 4.69) is 0 Å². The van der Waals surface area contributed by atoms with E-state index in [1.54, 1.807) is 0 Å². The van der Waals surface area contributed by atoms with E-state index < -0.39 is 30.3 Å². The molecular weight excluding hydrogens is 281 g/mol. The van der Waals surface area contributed by atoms with Gasteiger partial charge in [-0.15, -0.1) is 0 Å². The third kappa shape index (κ3) is 3.03. The smallest absolute Gasteiger partial charge is 0.391 e. The summed E-state index contributed by atoms with van der Waals surface area (Å²) in [6.45, 7) is -0.586. The number of aliphatic hydroxyl groups excluding tert-OH is 1. The van der Waals surface area contributed by atoms with Crippen molar-refractivity contribution in [2.45, 2.75) is 25.6 Å². The van der Waals surface area contributed by atoms with E-state index in [1.165, 1.54) is 4.90 Å². The van der Waals surface area contributed by atoms with Crippen LogP contribution in [0.3, 0.4) is 0 Å². The molecule has 1 fully saturated rings. The van der Waals surface area contributed by atoms with Crippen LogP contribution in [0.15, 0.2) is 12.1 Å². The van der Waals surface area contributed by atoms with Crippen LogP contribution in [0.25, 0.3) is 0 Å². The predicted octanol–water partition coefficient (Wildman–Crippen LogP) is 3.24. The summed E-state index contributed by atoms with van der Waals surface area (Å²) in [6.07, 6.45) is -4.61. The fraction of sp³-hybridized carbons (Fsp3) is 0.538. The fourth-order valence-corrected chi connectivity index (χ4v) is 2.44. The first kappa shape index (κ1) is 15.0. The molecule has 20 heavy (non-hydrogen) atoms. The van der Waals surface area contributed by atoms with Crippen molar-refractivity contribution in [2.75, 3.05) is 18.0 Å². The zero-order chi connectivity index (χ0) is 14.9. The van der Waals surface area contributed by atoms with Gasteiger partial charge < -0.3 is 10.0 Å². The second-order valence-electron chi connectivity index (χ2n) is 4.87. The molecule has 1 aliphatic heterocycles. The van der Waals surface area contributed by atoms with Crippen molar-refractivity contribution in [1.29, 1.82) is 0 Å². The Balaban J connectivity index is 2.15. The Morgan fingerprint density at radius 2 is 1.60 bits per heavy atom. The summed E-state index contributed by atoms with van der Waals surface area (Å²) in [4.78, 5) is 1.29.